The van der Waals surface area contributed by atoms with Crippen LogP contribution in [0.15, 0.2) is 18.3 Å². The van der Waals surface area contributed by atoms with E-state index in [1.807, 2.05) is 6.20 Å². The Morgan fingerprint density at radius 1 is 1.36 bits per heavy atom. The van der Waals surface area contributed by atoms with Crippen molar-refractivity contribution in [2.45, 2.75) is 25.4 Å². The molecule has 0 aliphatic carbocycles. The van der Waals surface area contributed by atoms with Gasteiger partial charge in [-0.3, -0.25) is 4.79 Å². The van der Waals surface area contributed by atoms with Crippen molar-refractivity contribution >= 4 is 11.7 Å². The topological polar surface area (TPSA) is 60.5 Å². The molecule has 1 unspecified atom stereocenters. The fourth-order valence-corrected chi connectivity index (χ4v) is 2.96. The van der Waals surface area contributed by atoms with Gasteiger partial charge >= 0.3 is 0 Å². The van der Waals surface area contributed by atoms with Crippen molar-refractivity contribution in [3.63, 3.8) is 0 Å². The van der Waals surface area contributed by atoms with Gasteiger partial charge in [-0.1, -0.05) is 6.07 Å². The number of pyridine rings is 1. The summed E-state index contributed by atoms with van der Waals surface area (Å²) in [4.78, 5) is 21.1. The summed E-state index contributed by atoms with van der Waals surface area (Å²) < 4.78 is 0. The van der Waals surface area contributed by atoms with E-state index in [4.69, 9.17) is 0 Å². The van der Waals surface area contributed by atoms with Crippen molar-refractivity contribution in [3.05, 3.63) is 23.9 Å². The lowest BCUT2D eigenvalue weighted by atomic mass is 10.2. The Morgan fingerprint density at radius 3 is 2.82 bits per heavy atom. The first-order valence-electron chi connectivity index (χ1n) is 8.12. The van der Waals surface area contributed by atoms with Gasteiger partial charge < -0.3 is 20.4 Å². The number of carbonyl (C=O) groups is 1. The maximum Gasteiger partial charge on any atom is 0.237 e. The lowest BCUT2D eigenvalue weighted by Gasteiger charge is -2.33. The summed E-state index contributed by atoms with van der Waals surface area (Å²) in [6.07, 6.45) is 3.89. The van der Waals surface area contributed by atoms with Gasteiger partial charge in [0.05, 0.1) is 6.04 Å². The van der Waals surface area contributed by atoms with Crippen molar-refractivity contribution in [2.75, 3.05) is 44.7 Å². The molecule has 0 aromatic carbocycles. The number of carbonyl (C=O) groups excluding carboxylic acids is 1. The number of nitrogens with one attached hydrogen (secondary N) is 2. The third kappa shape index (κ3) is 3.75. The monoisotopic (exact) mass is 303 g/mol. The molecule has 6 heteroatoms. The third-order valence-corrected chi connectivity index (χ3v) is 4.48. The molecule has 1 amide bonds. The Balaban J connectivity index is 1.50. The molecule has 3 heterocycles. The Hall–Kier alpha value is -1.66. The van der Waals surface area contributed by atoms with Crippen molar-refractivity contribution in [2.24, 2.45) is 0 Å². The second-order valence-electron chi connectivity index (χ2n) is 6.18. The summed E-state index contributed by atoms with van der Waals surface area (Å²) in [5, 5.41) is 6.19. The van der Waals surface area contributed by atoms with E-state index >= 15 is 0 Å². The molecule has 0 spiro atoms. The number of anilines is 1. The quantitative estimate of drug-likeness (QED) is 0.832. The van der Waals surface area contributed by atoms with Gasteiger partial charge in [0.2, 0.25) is 5.91 Å². The van der Waals surface area contributed by atoms with Crippen LogP contribution in [0.1, 0.15) is 18.4 Å². The zero-order chi connectivity index (χ0) is 15.4. The van der Waals surface area contributed by atoms with Crippen LogP contribution in [0.3, 0.4) is 0 Å². The van der Waals surface area contributed by atoms with Gasteiger partial charge in [0.25, 0.3) is 0 Å². The van der Waals surface area contributed by atoms with Gasteiger partial charge in [-0.25, -0.2) is 4.98 Å². The van der Waals surface area contributed by atoms with Crippen LogP contribution in [-0.4, -0.2) is 61.6 Å². The smallest absolute Gasteiger partial charge is 0.237 e. The third-order valence-electron chi connectivity index (χ3n) is 4.48. The van der Waals surface area contributed by atoms with E-state index < -0.39 is 0 Å². The lowest BCUT2D eigenvalue weighted by molar-refractivity contribution is -0.122. The van der Waals surface area contributed by atoms with Gasteiger partial charge in [-0.2, -0.15) is 0 Å². The van der Waals surface area contributed by atoms with E-state index in [0.717, 1.165) is 56.9 Å². The minimum atomic E-state index is -0.0161. The van der Waals surface area contributed by atoms with E-state index in [1.165, 1.54) is 0 Å². The first-order valence-corrected chi connectivity index (χ1v) is 8.12. The van der Waals surface area contributed by atoms with Crippen LogP contribution in [0.2, 0.25) is 0 Å². The molecule has 3 rings (SSSR count). The second kappa shape index (κ2) is 7.07. The zero-order valence-corrected chi connectivity index (χ0v) is 13.2. The molecule has 22 heavy (non-hydrogen) atoms. The highest BCUT2D eigenvalue weighted by Gasteiger charge is 2.21. The van der Waals surface area contributed by atoms with Crippen LogP contribution in [0, 0.1) is 0 Å². The van der Waals surface area contributed by atoms with Crippen LogP contribution in [0.4, 0.5) is 5.82 Å². The molecule has 2 aliphatic heterocycles. The van der Waals surface area contributed by atoms with Crippen LogP contribution in [0.5, 0.6) is 0 Å². The van der Waals surface area contributed by atoms with E-state index in [0.29, 0.717) is 6.54 Å². The Morgan fingerprint density at radius 2 is 2.18 bits per heavy atom. The molecule has 1 aromatic heterocycles. The summed E-state index contributed by atoms with van der Waals surface area (Å²) in [5.74, 6) is 1.13. The van der Waals surface area contributed by atoms with Gasteiger partial charge in [-0.15, -0.1) is 0 Å². The lowest BCUT2D eigenvalue weighted by Crippen LogP contribution is -2.44. The molecule has 0 saturated carbocycles. The number of rotatable bonds is 4. The van der Waals surface area contributed by atoms with Crippen LogP contribution < -0.4 is 15.5 Å². The Kier molecular flexibility index (Phi) is 4.90. The van der Waals surface area contributed by atoms with Crippen LogP contribution in [-0.2, 0) is 11.3 Å². The summed E-state index contributed by atoms with van der Waals surface area (Å²) in [6, 6.07) is 4.10. The molecular weight excluding hydrogens is 278 g/mol. The highest BCUT2D eigenvalue weighted by Crippen LogP contribution is 2.13. The first-order chi connectivity index (χ1) is 10.7. The minimum Gasteiger partial charge on any atom is -0.354 e. The average Bonchev–Trinajstić information content (AvgIpc) is 3.08. The summed E-state index contributed by atoms with van der Waals surface area (Å²) in [5.41, 5.74) is 1.05. The molecule has 6 nitrogen and oxygen atoms in total. The summed E-state index contributed by atoms with van der Waals surface area (Å²) >= 11 is 0. The number of likely N-dealkylation sites (N-methyl/N-ethyl adjacent to an activating group) is 1. The molecule has 1 atom stereocenters. The molecule has 1 aromatic rings. The van der Waals surface area contributed by atoms with E-state index in [-0.39, 0.29) is 11.9 Å². The largest absolute Gasteiger partial charge is 0.354 e. The summed E-state index contributed by atoms with van der Waals surface area (Å²) in [7, 11) is 2.15. The predicted octanol–water partition coefficient (Wildman–Crippen LogP) is 0.202. The van der Waals surface area contributed by atoms with Gasteiger partial charge in [0.1, 0.15) is 5.82 Å². The van der Waals surface area contributed by atoms with Gasteiger partial charge in [0, 0.05) is 38.9 Å². The molecular formula is C16H25N5O. The number of nitrogens with zero attached hydrogens (tertiary/aromatic N) is 3. The standard InChI is InChI=1S/C16H25N5O/c1-20-7-9-21(10-8-20)15-5-4-13(11-18-15)12-19-16(22)14-3-2-6-17-14/h4-5,11,14,17H,2-3,6-10,12H2,1H3,(H,19,22). The second-order valence-corrected chi connectivity index (χ2v) is 6.18. The first kappa shape index (κ1) is 15.2. The maximum absolute atomic E-state index is 12.0. The van der Waals surface area contributed by atoms with Crippen molar-refractivity contribution in [1.29, 1.82) is 0 Å². The normalized spacial score (nSPS) is 22.8. The molecule has 2 aliphatic rings. The molecule has 0 radical (unpaired) electrons. The van der Waals surface area contributed by atoms with Crippen molar-refractivity contribution in [3.8, 4) is 0 Å². The van der Waals surface area contributed by atoms with E-state index in [9.17, 15) is 4.79 Å². The molecule has 0 bridgehead atoms. The molecule has 2 N–H and O–H groups in total. The fraction of sp³-hybridized carbons (Fsp3) is 0.625. The number of piperazine rings is 1. The molecule has 120 valence electrons. The Labute approximate surface area is 131 Å². The number of amides is 1. The maximum atomic E-state index is 12.0. The minimum absolute atomic E-state index is 0.0161. The highest BCUT2D eigenvalue weighted by molar-refractivity contribution is 5.81. The Bertz CT molecular complexity index is 490. The number of hydrogen-bond acceptors (Lipinski definition) is 5. The van der Waals surface area contributed by atoms with Crippen LogP contribution >= 0.6 is 0 Å². The SMILES string of the molecule is CN1CCN(c2ccc(CNC(=O)C3CCCN3)cn2)CC1. The number of hydrogen-bond donors (Lipinski definition) is 2. The van der Waals surface area contributed by atoms with Crippen LogP contribution in [0.25, 0.3) is 0 Å². The zero-order valence-electron chi connectivity index (χ0n) is 13.2. The summed E-state index contributed by atoms with van der Waals surface area (Å²) in [6.45, 7) is 5.69. The average molecular weight is 303 g/mol. The highest BCUT2D eigenvalue weighted by atomic mass is 16.2. The predicted molar refractivity (Wildman–Crippen MR) is 86.8 cm³/mol. The van der Waals surface area contributed by atoms with Gasteiger partial charge in [0.15, 0.2) is 0 Å². The molecule has 2 fully saturated rings. The molecule has 2 saturated heterocycles. The van der Waals surface area contributed by atoms with E-state index in [1.54, 1.807) is 0 Å². The van der Waals surface area contributed by atoms with Crippen molar-refractivity contribution < 1.29 is 4.79 Å². The number of aromatic nitrogens is 1. The fourth-order valence-electron chi connectivity index (χ4n) is 2.96. The van der Waals surface area contributed by atoms with Crippen molar-refractivity contribution in [1.82, 2.24) is 20.5 Å². The van der Waals surface area contributed by atoms with E-state index in [2.05, 4.69) is 44.6 Å². The van der Waals surface area contributed by atoms with Gasteiger partial charge in [-0.05, 0) is 38.1 Å².